The molecule has 2 saturated carbocycles. The van der Waals surface area contributed by atoms with Gasteiger partial charge in [0.1, 0.15) is 17.5 Å². The van der Waals surface area contributed by atoms with Crippen LogP contribution in [0.5, 0.6) is 0 Å². The van der Waals surface area contributed by atoms with Gasteiger partial charge in [-0.1, -0.05) is 0 Å². The van der Waals surface area contributed by atoms with Crippen molar-refractivity contribution in [3.8, 4) is 6.07 Å². The second-order valence-electron chi connectivity index (χ2n) is 5.76. The summed E-state index contributed by atoms with van der Waals surface area (Å²) >= 11 is 0. The van der Waals surface area contributed by atoms with Gasteiger partial charge in [0.15, 0.2) is 0 Å². The molecule has 2 aliphatic carbocycles. The van der Waals surface area contributed by atoms with Crippen LogP contribution in [0.25, 0.3) is 0 Å². The lowest BCUT2D eigenvalue weighted by Gasteiger charge is -2.17. The third-order valence-electron chi connectivity index (χ3n) is 4.29. The molecule has 3 rings (SSSR count). The first-order valence-electron chi connectivity index (χ1n) is 6.88. The predicted octanol–water partition coefficient (Wildman–Crippen LogP) is 2.45. The second kappa shape index (κ2) is 4.31. The van der Waals surface area contributed by atoms with Gasteiger partial charge < -0.3 is 5.32 Å². The van der Waals surface area contributed by atoms with Gasteiger partial charge in [-0.3, -0.25) is 4.68 Å². The van der Waals surface area contributed by atoms with Crippen molar-refractivity contribution < 1.29 is 0 Å². The molecule has 1 heterocycles. The summed E-state index contributed by atoms with van der Waals surface area (Å²) in [5, 5.41) is 17.0. The van der Waals surface area contributed by atoms with Crippen LogP contribution >= 0.6 is 0 Å². The van der Waals surface area contributed by atoms with Crippen LogP contribution in [0, 0.1) is 36.0 Å². The number of anilines is 1. The zero-order valence-corrected chi connectivity index (χ0v) is 11.1. The van der Waals surface area contributed by atoms with Gasteiger partial charge in [0.25, 0.3) is 0 Å². The summed E-state index contributed by atoms with van der Waals surface area (Å²) in [7, 11) is 1.90. The molecule has 2 fully saturated rings. The Morgan fingerprint density at radius 1 is 1.39 bits per heavy atom. The van der Waals surface area contributed by atoms with Gasteiger partial charge in [0, 0.05) is 13.6 Å². The largest absolute Gasteiger partial charge is 0.369 e. The van der Waals surface area contributed by atoms with Crippen molar-refractivity contribution in [3.05, 3.63) is 11.3 Å². The van der Waals surface area contributed by atoms with E-state index in [1.165, 1.54) is 25.7 Å². The van der Waals surface area contributed by atoms with Gasteiger partial charge in [0.05, 0.1) is 5.69 Å². The lowest BCUT2D eigenvalue weighted by atomic mass is 9.98. The molecule has 96 valence electrons. The number of rotatable bonds is 5. The summed E-state index contributed by atoms with van der Waals surface area (Å²) < 4.78 is 1.80. The Balaban J connectivity index is 1.70. The highest BCUT2D eigenvalue weighted by Gasteiger charge is 2.41. The molecule has 0 bridgehead atoms. The fourth-order valence-corrected chi connectivity index (χ4v) is 2.98. The molecule has 1 aromatic rings. The first-order chi connectivity index (χ1) is 8.70. The Kier molecular flexibility index (Phi) is 2.77. The van der Waals surface area contributed by atoms with E-state index in [0.717, 1.165) is 35.8 Å². The van der Waals surface area contributed by atoms with Crippen LogP contribution in [0.4, 0.5) is 5.82 Å². The highest BCUT2D eigenvalue weighted by Crippen LogP contribution is 2.49. The third kappa shape index (κ3) is 2.10. The fourth-order valence-electron chi connectivity index (χ4n) is 2.98. The Morgan fingerprint density at radius 2 is 2.00 bits per heavy atom. The number of aromatic nitrogens is 2. The Bertz CT molecular complexity index is 477. The molecule has 0 aromatic carbocycles. The third-order valence-corrected chi connectivity index (χ3v) is 4.29. The van der Waals surface area contributed by atoms with E-state index in [0.29, 0.717) is 5.56 Å². The van der Waals surface area contributed by atoms with Crippen molar-refractivity contribution in [2.45, 2.75) is 32.6 Å². The van der Waals surface area contributed by atoms with Crippen LogP contribution in [0.2, 0.25) is 0 Å². The van der Waals surface area contributed by atoms with Crippen LogP contribution in [-0.2, 0) is 7.05 Å². The molecule has 2 aliphatic rings. The van der Waals surface area contributed by atoms with Crippen molar-refractivity contribution in [3.63, 3.8) is 0 Å². The Morgan fingerprint density at radius 3 is 2.50 bits per heavy atom. The van der Waals surface area contributed by atoms with Crippen LogP contribution < -0.4 is 5.32 Å². The molecule has 4 heteroatoms. The second-order valence-corrected chi connectivity index (χ2v) is 5.76. The van der Waals surface area contributed by atoms with Crippen molar-refractivity contribution >= 4 is 5.82 Å². The highest BCUT2D eigenvalue weighted by atomic mass is 15.3. The van der Waals surface area contributed by atoms with Gasteiger partial charge in [-0.2, -0.15) is 10.4 Å². The number of nitriles is 1. The molecule has 0 radical (unpaired) electrons. The van der Waals surface area contributed by atoms with E-state index >= 15 is 0 Å². The monoisotopic (exact) mass is 244 g/mol. The quantitative estimate of drug-likeness (QED) is 0.865. The molecule has 4 nitrogen and oxygen atoms in total. The van der Waals surface area contributed by atoms with Gasteiger partial charge in [0.2, 0.25) is 0 Å². The SMILES string of the molecule is Cc1nn(C)c(NCC(C2CC2)C2CC2)c1C#N. The van der Waals surface area contributed by atoms with Gasteiger partial charge >= 0.3 is 0 Å². The maximum atomic E-state index is 9.18. The normalized spacial score (nSPS) is 19.0. The minimum absolute atomic E-state index is 0.697. The van der Waals surface area contributed by atoms with E-state index in [2.05, 4.69) is 16.5 Å². The molecule has 0 unspecified atom stereocenters. The van der Waals surface area contributed by atoms with Gasteiger partial charge in [-0.05, 0) is 50.4 Å². The molecule has 0 aliphatic heterocycles. The predicted molar refractivity (Wildman–Crippen MR) is 70.1 cm³/mol. The fraction of sp³-hybridized carbons (Fsp3) is 0.714. The van der Waals surface area contributed by atoms with Crippen LogP contribution in [0.1, 0.15) is 36.9 Å². The smallest absolute Gasteiger partial charge is 0.142 e. The van der Waals surface area contributed by atoms with Crippen LogP contribution in [0.3, 0.4) is 0 Å². The number of aryl methyl sites for hydroxylation is 2. The van der Waals surface area contributed by atoms with Crippen LogP contribution in [-0.4, -0.2) is 16.3 Å². The topological polar surface area (TPSA) is 53.6 Å². The van der Waals surface area contributed by atoms with E-state index in [4.69, 9.17) is 0 Å². The maximum Gasteiger partial charge on any atom is 0.142 e. The Hall–Kier alpha value is -1.50. The number of nitrogens with one attached hydrogen (secondary N) is 1. The molecular weight excluding hydrogens is 224 g/mol. The van der Waals surface area contributed by atoms with Gasteiger partial charge in [-0.25, -0.2) is 0 Å². The molecule has 1 aromatic heterocycles. The molecule has 18 heavy (non-hydrogen) atoms. The molecule has 0 saturated heterocycles. The molecule has 0 atom stereocenters. The summed E-state index contributed by atoms with van der Waals surface area (Å²) in [4.78, 5) is 0. The van der Waals surface area contributed by atoms with Crippen LogP contribution in [0.15, 0.2) is 0 Å². The van der Waals surface area contributed by atoms with Crippen molar-refractivity contribution in [2.75, 3.05) is 11.9 Å². The van der Waals surface area contributed by atoms with E-state index in [-0.39, 0.29) is 0 Å². The summed E-state index contributed by atoms with van der Waals surface area (Å²) in [6.45, 7) is 2.89. The molecule has 0 spiro atoms. The average Bonchev–Trinajstić information content (AvgIpc) is 3.21. The summed E-state index contributed by atoms with van der Waals surface area (Å²) in [6.07, 6.45) is 5.60. The van der Waals surface area contributed by atoms with E-state index < -0.39 is 0 Å². The van der Waals surface area contributed by atoms with Gasteiger partial charge in [-0.15, -0.1) is 0 Å². The van der Waals surface area contributed by atoms with Crippen molar-refractivity contribution in [1.29, 1.82) is 5.26 Å². The molecule has 1 N–H and O–H groups in total. The first-order valence-corrected chi connectivity index (χ1v) is 6.88. The zero-order chi connectivity index (χ0) is 12.7. The minimum atomic E-state index is 0.697. The number of hydrogen-bond acceptors (Lipinski definition) is 3. The average molecular weight is 244 g/mol. The summed E-state index contributed by atoms with van der Waals surface area (Å²) in [6, 6.07) is 2.25. The van der Waals surface area contributed by atoms with E-state index in [1.54, 1.807) is 4.68 Å². The lowest BCUT2D eigenvalue weighted by Crippen LogP contribution is -2.20. The Labute approximate surface area is 108 Å². The standard InChI is InChI=1S/C14H20N4/c1-9-12(7-15)14(18(2)17-9)16-8-13(10-3-4-10)11-5-6-11/h10-11,13,16H,3-6,8H2,1-2H3. The van der Waals surface area contributed by atoms with E-state index in [9.17, 15) is 5.26 Å². The molecular formula is C14H20N4. The summed E-state index contributed by atoms with van der Waals surface area (Å²) in [5.74, 6) is 3.57. The van der Waals surface area contributed by atoms with Crippen molar-refractivity contribution in [1.82, 2.24) is 9.78 Å². The number of hydrogen-bond donors (Lipinski definition) is 1. The van der Waals surface area contributed by atoms with E-state index in [1.807, 2.05) is 14.0 Å². The minimum Gasteiger partial charge on any atom is -0.369 e. The highest BCUT2D eigenvalue weighted by molar-refractivity contribution is 5.55. The lowest BCUT2D eigenvalue weighted by molar-refractivity contribution is 0.427. The first kappa shape index (κ1) is 11.6. The maximum absolute atomic E-state index is 9.18. The summed E-state index contributed by atoms with van der Waals surface area (Å²) in [5.41, 5.74) is 1.51. The van der Waals surface area contributed by atoms with Crippen molar-refractivity contribution in [2.24, 2.45) is 24.8 Å². The molecule has 0 amide bonds. The zero-order valence-electron chi connectivity index (χ0n) is 11.1. The number of nitrogens with zero attached hydrogens (tertiary/aromatic N) is 3.